The number of ether oxygens (including phenoxy) is 1. The molecule has 1 unspecified atom stereocenters. The van der Waals surface area contributed by atoms with E-state index in [2.05, 4.69) is 51.3 Å². The summed E-state index contributed by atoms with van der Waals surface area (Å²) in [6.45, 7) is 6.91. The van der Waals surface area contributed by atoms with Gasteiger partial charge in [-0.2, -0.15) is 0 Å². The Labute approximate surface area is 172 Å². The molecule has 1 N–H and O–H groups in total. The molecule has 2 aromatic rings. The molecule has 0 saturated carbocycles. The number of aryl methyl sites for hydroxylation is 1. The number of carbonyl (C=O) groups is 1. The first kappa shape index (κ1) is 19.9. The molecule has 2 fully saturated rings. The van der Waals surface area contributed by atoms with Gasteiger partial charge in [0.15, 0.2) is 0 Å². The Hall–Kier alpha value is -2.44. The van der Waals surface area contributed by atoms with Gasteiger partial charge in [-0.25, -0.2) is 0 Å². The molecule has 154 valence electrons. The molecule has 2 aliphatic heterocycles. The molecule has 1 amide bonds. The van der Waals surface area contributed by atoms with E-state index >= 15 is 0 Å². The molecule has 0 aliphatic carbocycles. The quantitative estimate of drug-likeness (QED) is 0.845. The Morgan fingerprint density at radius 3 is 2.62 bits per heavy atom. The summed E-state index contributed by atoms with van der Waals surface area (Å²) in [5.74, 6) is 0.0777. The number of aromatic nitrogens is 1. The monoisotopic (exact) mass is 394 g/mol. The lowest BCUT2D eigenvalue weighted by Gasteiger charge is -2.37. The van der Waals surface area contributed by atoms with Gasteiger partial charge in [-0.15, -0.1) is 0 Å². The highest BCUT2D eigenvalue weighted by Crippen LogP contribution is 2.24. The zero-order valence-electron chi connectivity index (χ0n) is 17.1. The van der Waals surface area contributed by atoms with E-state index in [1.807, 2.05) is 12.1 Å². The number of piperidine rings is 1. The first-order chi connectivity index (χ1) is 14.2. The highest BCUT2D eigenvalue weighted by Gasteiger charge is 2.31. The lowest BCUT2D eigenvalue weighted by atomic mass is 10.0. The molecule has 1 aromatic carbocycles. The van der Waals surface area contributed by atoms with E-state index in [1.54, 1.807) is 12.4 Å². The second kappa shape index (κ2) is 9.37. The first-order valence-corrected chi connectivity index (χ1v) is 10.5. The Kier molecular flexibility index (Phi) is 6.42. The number of nitrogens with zero attached hydrogens (tertiary/aromatic N) is 3. The molecule has 0 radical (unpaired) electrons. The van der Waals surface area contributed by atoms with Gasteiger partial charge in [0, 0.05) is 50.3 Å². The lowest BCUT2D eigenvalue weighted by Crippen LogP contribution is -2.50. The van der Waals surface area contributed by atoms with Crippen LogP contribution in [-0.2, 0) is 9.53 Å². The molecule has 6 nitrogen and oxygen atoms in total. The predicted octanol–water partition coefficient (Wildman–Crippen LogP) is 2.55. The maximum Gasteiger partial charge on any atom is 0.242 e. The summed E-state index contributed by atoms with van der Waals surface area (Å²) in [4.78, 5) is 22.1. The summed E-state index contributed by atoms with van der Waals surface area (Å²) in [6, 6.07) is 12.4. The van der Waals surface area contributed by atoms with Crippen LogP contribution in [0.4, 0.5) is 5.69 Å². The zero-order chi connectivity index (χ0) is 20.1. The predicted molar refractivity (Wildman–Crippen MR) is 114 cm³/mol. The van der Waals surface area contributed by atoms with Crippen molar-refractivity contribution >= 4 is 11.6 Å². The van der Waals surface area contributed by atoms with Crippen LogP contribution in [-0.4, -0.2) is 61.2 Å². The van der Waals surface area contributed by atoms with E-state index in [0.717, 1.165) is 44.6 Å². The van der Waals surface area contributed by atoms with Crippen molar-refractivity contribution < 1.29 is 9.53 Å². The van der Waals surface area contributed by atoms with Crippen molar-refractivity contribution in [2.45, 2.75) is 31.8 Å². The van der Waals surface area contributed by atoms with Crippen LogP contribution in [0.15, 0.2) is 48.8 Å². The summed E-state index contributed by atoms with van der Waals surface area (Å²) in [5.41, 5.74) is 3.50. The number of hydrogen-bond acceptors (Lipinski definition) is 5. The number of hydrogen-bond donors (Lipinski definition) is 1. The van der Waals surface area contributed by atoms with Crippen LogP contribution in [0.5, 0.6) is 0 Å². The van der Waals surface area contributed by atoms with E-state index in [4.69, 9.17) is 4.74 Å². The summed E-state index contributed by atoms with van der Waals surface area (Å²) in [6.07, 6.45) is 5.48. The van der Waals surface area contributed by atoms with E-state index in [9.17, 15) is 4.79 Å². The van der Waals surface area contributed by atoms with Crippen molar-refractivity contribution in [3.8, 4) is 0 Å². The topological polar surface area (TPSA) is 57.7 Å². The molecule has 2 aliphatic rings. The second-order valence-electron chi connectivity index (χ2n) is 7.95. The average molecular weight is 395 g/mol. The number of pyridine rings is 1. The molecular formula is C23H30N4O2. The smallest absolute Gasteiger partial charge is 0.242 e. The standard InChI is InChI=1S/C23H30N4O2/c1-18-4-2-6-21(16-18)26-10-7-20(8-11-26)25-23(28)22(19-5-3-9-24-17-19)27-12-14-29-15-13-27/h2-6,9,16-17,20,22H,7-8,10-15H2,1H3,(H,25,28). The van der Waals surface area contributed by atoms with Gasteiger partial charge in [-0.1, -0.05) is 18.2 Å². The fourth-order valence-electron chi connectivity index (χ4n) is 4.29. The molecular weight excluding hydrogens is 364 g/mol. The Balaban J connectivity index is 1.39. The van der Waals surface area contributed by atoms with Crippen LogP contribution in [0.2, 0.25) is 0 Å². The second-order valence-corrected chi connectivity index (χ2v) is 7.95. The van der Waals surface area contributed by atoms with Gasteiger partial charge in [0.1, 0.15) is 6.04 Å². The Morgan fingerprint density at radius 1 is 1.14 bits per heavy atom. The van der Waals surface area contributed by atoms with Crippen LogP contribution in [0.3, 0.4) is 0 Å². The zero-order valence-corrected chi connectivity index (χ0v) is 17.1. The molecule has 3 heterocycles. The molecule has 1 atom stereocenters. The maximum absolute atomic E-state index is 13.3. The third-order valence-electron chi connectivity index (χ3n) is 5.87. The highest BCUT2D eigenvalue weighted by molar-refractivity contribution is 5.83. The van der Waals surface area contributed by atoms with E-state index in [-0.39, 0.29) is 18.0 Å². The van der Waals surface area contributed by atoms with E-state index < -0.39 is 0 Å². The summed E-state index contributed by atoms with van der Waals surface area (Å²) >= 11 is 0. The summed E-state index contributed by atoms with van der Waals surface area (Å²) < 4.78 is 5.48. The fourth-order valence-corrected chi connectivity index (χ4v) is 4.29. The fraction of sp³-hybridized carbons (Fsp3) is 0.478. The van der Waals surface area contributed by atoms with Gasteiger partial charge in [0.05, 0.1) is 13.2 Å². The largest absolute Gasteiger partial charge is 0.379 e. The van der Waals surface area contributed by atoms with Crippen LogP contribution in [0.25, 0.3) is 0 Å². The highest BCUT2D eigenvalue weighted by atomic mass is 16.5. The van der Waals surface area contributed by atoms with Crippen molar-refractivity contribution in [2.75, 3.05) is 44.3 Å². The van der Waals surface area contributed by atoms with Gasteiger partial charge in [-0.05, 0) is 49.1 Å². The number of amides is 1. The number of benzene rings is 1. The molecule has 0 spiro atoms. The van der Waals surface area contributed by atoms with Crippen LogP contribution in [0.1, 0.15) is 30.0 Å². The van der Waals surface area contributed by atoms with Crippen molar-refractivity contribution in [1.82, 2.24) is 15.2 Å². The first-order valence-electron chi connectivity index (χ1n) is 10.5. The normalized spacial score (nSPS) is 19.7. The van der Waals surface area contributed by atoms with Gasteiger partial charge in [0.2, 0.25) is 5.91 Å². The molecule has 2 saturated heterocycles. The number of anilines is 1. The number of morpholine rings is 1. The number of carbonyl (C=O) groups excluding carboxylic acids is 1. The number of rotatable bonds is 5. The maximum atomic E-state index is 13.3. The van der Waals surface area contributed by atoms with Crippen molar-refractivity contribution in [3.63, 3.8) is 0 Å². The summed E-state index contributed by atoms with van der Waals surface area (Å²) in [5, 5.41) is 3.32. The van der Waals surface area contributed by atoms with Gasteiger partial charge < -0.3 is 15.0 Å². The third kappa shape index (κ3) is 4.95. The molecule has 1 aromatic heterocycles. The molecule has 0 bridgehead atoms. The lowest BCUT2D eigenvalue weighted by molar-refractivity contribution is -0.129. The minimum absolute atomic E-state index is 0.0777. The van der Waals surface area contributed by atoms with Crippen LogP contribution in [0, 0.1) is 6.92 Å². The summed E-state index contributed by atoms with van der Waals surface area (Å²) in [7, 11) is 0. The van der Waals surface area contributed by atoms with Gasteiger partial charge in [0.25, 0.3) is 0 Å². The minimum atomic E-state index is -0.303. The molecule has 6 heteroatoms. The molecule has 4 rings (SSSR count). The third-order valence-corrected chi connectivity index (χ3v) is 5.87. The molecule has 29 heavy (non-hydrogen) atoms. The van der Waals surface area contributed by atoms with Gasteiger partial charge in [-0.3, -0.25) is 14.7 Å². The Morgan fingerprint density at radius 2 is 1.93 bits per heavy atom. The van der Waals surface area contributed by atoms with Crippen molar-refractivity contribution in [2.24, 2.45) is 0 Å². The number of nitrogens with one attached hydrogen (secondary N) is 1. The van der Waals surface area contributed by atoms with Gasteiger partial charge >= 0.3 is 0 Å². The van der Waals surface area contributed by atoms with E-state index in [0.29, 0.717) is 13.2 Å². The Bertz CT molecular complexity index is 800. The van der Waals surface area contributed by atoms with Crippen molar-refractivity contribution in [3.05, 3.63) is 59.9 Å². The van der Waals surface area contributed by atoms with Crippen LogP contribution >= 0.6 is 0 Å². The SMILES string of the molecule is Cc1cccc(N2CCC(NC(=O)C(c3cccnc3)N3CCOCC3)CC2)c1. The van der Waals surface area contributed by atoms with Crippen LogP contribution < -0.4 is 10.2 Å². The average Bonchev–Trinajstić information content (AvgIpc) is 2.76. The minimum Gasteiger partial charge on any atom is -0.379 e. The van der Waals surface area contributed by atoms with Crippen molar-refractivity contribution in [1.29, 1.82) is 0 Å². The van der Waals surface area contributed by atoms with E-state index in [1.165, 1.54) is 11.3 Å².